The Morgan fingerprint density at radius 3 is 2.45 bits per heavy atom. The third kappa shape index (κ3) is 3.19. The number of ether oxygens (including phenoxy) is 2. The highest BCUT2D eigenvalue weighted by Crippen LogP contribution is 2.64. The first-order chi connectivity index (χ1) is 15.7. The molecule has 0 bridgehead atoms. The summed E-state index contributed by atoms with van der Waals surface area (Å²) in [5, 5.41) is 12.0. The summed E-state index contributed by atoms with van der Waals surface area (Å²) in [5.74, 6) is 0.826. The van der Waals surface area contributed by atoms with E-state index in [1.165, 1.54) is 22.4 Å². The van der Waals surface area contributed by atoms with Gasteiger partial charge < -0.3 is 19.5 Å². The Morgan fingerprint density at radius 2 is 1.76 bits per heavy atom. The first kappa shape index (κ1) is 21.8. The van der Waals surface area contributed by atoms with Gasteiger partial charge in [-0.15, -0.1) is 0 Å². The minimum atomic E-state index is -0.855. The molecule has 1 saturated heterocycles. The van der Waals surface area contributed by atoms with Crippen molar-refractivity contribution in [3.63, 3.8) is 0 Å². The predicted molar refractivity (Wildman–Crippen MR) is 127 cm³/mol. The van der Waals surface area contributed by atoms with E-state index < -0.39 is 11.4 Å². The standard InChI is InChI=1S/C28H37NO4/c1-26-16-21(18-4-6-19(7-5-18)29(2)3)25-20(22(26)8-9-24(26)30)10-12-27(31)17-28(13-11-23(25)27)32-14-15-33-28/h4-7,20-22,31H,8-17H2,1-3H3/t20?,21-,22+,26+,27-/m1/s1. The Bertz CT molecular complexity index is 992. The number of fused-ring (bicyclic) bond motifs is 4. The summed E-state index contributed by atoms with van der Waals surface area (Å²) in [6.07, 6.45) is 6.45. The molecule has 0 amide bonds. The number of anilines is 1. The molecule has 33 heavy (non-hydrogen) atoms. The monoisotopic (exact) mass is 451 g/mol. The number of rotatable bonds is 2. The van der Waals surface area contributed by atoms with Gasteiger partial charge in [-0.2, -0.15) is 0 Å². The van der Waals surface area contributed by atoms with Crippen LogP contribution in [0.3, 0.4) is 0 Å². The zero-order valence-electron chi connectivity index (χ0n) is 20.2. The lowest BCUT2D eigenvalue weighted by molar-refractivity contribution is -0.208. The first-order valence-corrected chi connectivity index (χ1v) is 12.8. The van der Waals surface area contributed by atoms with Gasteiger partial charge in [0.25, 0.3) is 0 Å². The quantitative estimate of drug-likeness (QED) is 0.667. The SMILES string of the molecule is CN(C)c1ccc([C@H]2C[C@]3(C)C(=O)CC[C@H]3C3CC[C@@]4(O)CC5(CCC4=C32)OCCO5)cc1. The van der Waals surface area contributed by atoms with Crippen molar-refractivity contribution in [1.29, 1.82) is 0 Å². The van der Waals surface area contributed by atoms with Crippen molar-refractivity contribution in [3.05, 3.63) is 41.0 Å². The zero-order chi connectivity index (χ0) is 23.0. The number of hydrogen-bond donors (Lipinski definition) is 1. The third-order valence-electron chi connectivity index (χ3n) is 9.75. The second kappa shape index (κ2) is 7.40. The molecule has 1 unspecified atom stereocenters. The molecule has 1 aromatic rings. The van der Waals surface area contributed by atoms with Crippen LogP contribution in [0.25, 0.3) is 0 Å². The molecule has 4 aliphatic carbocycles. The highest BCUT2D eigenvalue weighted by molar-refractivity contribution is 5.87. The second-order valence-corrected chi connectivity index (χ2v) is 11.6. The van der Waals surface area contributed by atoms with Crippen molar-refractivity contribution in [3.8, 4) is 0 Å². The Labute approximate surface area is 197 Å². The normalized spacial score (nSPS) is 39.4. The summed E-state index contributed by atoms with van der Waals surface area (Å²) in [7, 11) is 4.12. The fourth-order valence-electron chi connectivity index (χ4n) is 8.09. The van der Waals surface area contributed by atoms with Gasteiger partial charge in [0.05, 0.1) is 18.8 Å². The highest BCUT2D eigenvalue weighted by Gasteiger charge is 2.60. The summed E-state index contributed by atoms with van der Waals surface area (Å²) in [6, 6.07) is 8.86. The van der Waals surface area contributed by atoms with Crippen molar-refractivity contribution < 1.29 is 19.4 Å². The second-order valence-electron chi connectivity index (χ2n) is 11.6. The van der Waals surface area contributed by atoms with Crippen LogP contribution < -0.4 is 4.90 Å². The molecule has 5 aliphatic rings. The van der Waals surface area contributed by atoms with Gasteiger partial charge in [0.1, 0.15) is 5.78 Å². The van der Waals surface area contributed by atoms with Crippen molar-refractivity contribution in [2.75, 3.05) is 32.2 Å². The van der Waals surface area contributed by atoms with Gasteiger partial charge in [-0.1, -0.05) is 24.6 Å². The summed E-state index contributed by atoms with van der Waals surface area (Å²) < 4.78 is 12.0. The lowest BCUT2D eigenvalue weighted by Gasteiger charge is -2.55. The molecular formula is C28H37NO4. The van der Waals surface area contributed by atoms with Crippen LogP contribution in [0.4, 0.5) is 5.69 Å². The summed E-state index contributed by atoms with van der Waals surface area (Å²) in [4.78, 5) is 15.3. The Kier molecular flexibility index (Phi) is 4.89. The lowest BCUT2D eigenvalue weighted by Crippen LogP contribution is -2.53. The molecule has 1 aliphatic heterocycles. The van der Waals surface area contributed by atoms with Crippen LogP contribution in [0.1, 0.15) is 69.8 Å². The van der Waals surface area contributed by atoms with Crippen LogP contribution in [-0.2, 0) is 14.3 Å². The molecule has 5 nitrogen and oxygen atoms in total. The molecule has 5 atom stereocenters. The molecule has 5 heteroatoms. The fourth-order valence-corrected chi connectivity index (χ4v) is 8.09. The van der Waals surface area contributed by atoms with Crippen molar-refractivity contribution >= 4 is 11.5 Å². The topological polar surface area (TPSA) is 59.0 Å². The van der Waals surface area contributed by atoms with E-state index in [4.69, 9.17) is 9.47 Å². The van der Waals surface area contributed by atoms with Gasteiger partial charge in [0.15, 0.2) is 5.79 Å². The van der Waals surface area contributed by atoms with Gasteiger partial charge in [-0.25, -0.2) is 0 Å². The maximum atomic E-state index is 13.1. The van der Waals surface area contributed by atoms with Gasteiger partial charge >= 0.3 is 0 Å². The number of Topliss-reactive ketones (excluding diaryl/α,β-unsaturated/α-hetero) is 1. The average Bonchev–Trinajstić information content (AvgIpc) is 3.36. The Balaban J connectivity index is 1.46. The van der Waals surface area contributed by atoms with E-state index in [1.807, 2.05) is 0 Å². The molecule has 178 valence electrons. The van der Waals surface area contributed by atoms with Crippen LogP contribution in [0.15, 0.2) is 35.4 Å². The smallest absolute Gasteiger partial charge is 0.171 e. The van der Waals surface area contributed by atoms with E-state index in [1.54, 1.807) is 0 Å². The van der Waals surface area contributed by atoms with Crippen molar-refractivity contribution in [1.82, 2.24) is 0 Å². The van der Waals surface area contributed by atoms with Crippen LogP contribution in [0.5, 0.6) is 0 Å². The molecule has 1 heterocycles. The molecule has 3 saturated carbocycles. The minimum absolute atomic E-state index is 0.191. The maximum absolute atomic E-state index is 13.1. The molecular weight excluding hydrogens is 414 g/mol. The van der Waals surface area contributed by atoms with Crippen LogP contribution in [0, 0.1) is 17.3 Å². The number of ketones is 1. The summed E-state index contributed by atoms with van der Waals surface area (Å²) in [5.41, 5.74) is 4.05. The summed E-state index contributed by atoms with van der Waals surface area (Å²) >= 11 is 0. The molecule has 4 fully saturated rings. The van der Waals surface area contributed by atoms with Gasteiger partial charge in [-0.3, -0.25) is 4.79 Å². The zero-order valence-corrected chi connectivity index (χ0v) is 20.2. The Morgan fingerprint density at radius 1 is 1.03 bits per heavy atom. The van der Waals surface area contributed by atoms with Crippen molar-refractivity contribution in [2.24, 2.45) is 17.3 Å². The molecule has 1 spiro atoms. The minimum Gasteiger partial charge on any atom is -0.385 e. The molecule has 1 aromatic carbocycles. The molecule has 1 N–H and O–H groups in total. The van der Waals surface area contributed by atoms with Crippen molar-refractivity contribution in [2.45, 2.75) is 75.6 Å². The van der Waals surface area contributed by atoms with E-state index in [2.05, 4.69) is 50.2 Å². The van der Waals surface area contributed by atoms with E-state index >= 15 is 0 Å². The Hall–Kier alpha value is -1.69. The molecule has 0 aromatic heterocycles. The number of benzene rings is 1. The molecule has 6 rings (SSSR count). The fraction of sp³-hybridized carbons (Fsp3) is 0.679. The largest absolute Gasteiger partial charge is 0.385 e. The van der Waals surface area contributed by atoms with E-state index in [0.717, 1.165) is 38.5 Å². The van der Waals surface area contributed by atoms with E-state index in [9.17, 15) is 9.90 Å². The maximum Gasteiger partial charge on any atom is 0.171 e. The number of carbonyl (C=O) groups is 1. The van der Waals surface area contributed by atoms with Crippen LogP contribution in [0.2, 0.25) is 0 Å². The van der Waals surface area contributed by atoms with Gasteiger partial charge in [0.2, 0.25) is 0 Å². The van der Waals surface area contributed by atoms with Gasteiger partial charge in [0, 0.05) is 50.4 Å². The number of aliphatic hydroxyl groups is 1. The van der Waals surface area contributed by atoms with E-state index in [-0.39, 0.29) is 11.3 Å². The van der Waals surface area contributed by atoms with E-state index in [0.29, 0.717) is 43.7 Å². The third-order valence-corrected chi connectivity index (χ3v) is 9.75. The number of hydrogen-bond acceptors (Lipinski definition) is 5. The highest BCUT2D eigenvalue weighted by atomic mass is 16.7. The predicted octanol–water partition coefficient (Wildman–Crippen LogP) is 4.59. The van der Waals surface area contributed by atoms with Gasteiger partial charge in [-0.05, 0) is 67.2 Å². The van der Waals surface area contributed by atoms with Crippen LogP contribution in [-0.4, -0.2) is 49.6 Å². The van der Waals surface area contributed by atoms with Crippen LogP contribution >= 0.6 is 0 Å². The lowest BCUT2D eigenvalue weighted by atomic mass is 9.51. The average molecular weight is 452 g/mol. The number of carbonyl (C=O) groups excluding carboxylic acids is 1. The first-order valence-electron chi connectivity index (χ1n) is 12.8. The number of nitrogens with zero attached hydrogens (tertiary/aromatic N) is 1. The number of allylic oxidation sites excluding steroid dienone is 1. The molecule has 0 radical (unpaired) electrons. The summed E-state index contributed by atoms with van der Waals surface area (Å²) in [6.45, 7) is 3.47.